The molecule has 1 aromatic carbocycles. The standard InChI is InChI=1S/C19H28O4/c1-18(2)15-10-13-8-12(11-21-4)9-14(22-5)17(13)23-19(15,3)7-6-16(18)20/h8-9,15-16,20H,6-7,10-11H2,1-5H3/t15-,16-,19-/m1/s1. The van der Waals surface area contributed by atoms with Gasteiger partial charge in [0.25, 0.3) is 0 Å². The maximum Gasteiger partial charge on any atom is 0.165 e. The van der Waals surface area contributed by atoms with Crippen LogP contribution >= 0.6 is 0 Å². The SMILES string of the molecule is COCc1cc2c(c(OC)c1)O[C@]1(C)CC[C@@H](O)C(C)(C)[C@H]1C2. The third-order valence-electron chi connectivity index (χ3n) is 5.89. The summed E-state index contributed by atoms with van der Waals surface area (Å²) in [5, 5.41) is 10.5. The van der Waals surface area contributed by atoms with Crippen LogP contribution in [0.3, 0.4) is 0 Å². The third-order valence-corrected chi connectivity index (χ3v) is 5.89. The van der Waals surface area contributed by atoms with Crippen molar-refractivity contribution < 1.29 is 19.3 Å². The molecule has 1 aliphatic heterocycles. The van der Waals surface area contributed by atoms with E-state index in [1.54, 1.807) is 14.2 Å². The van der Waals surface area contributed by atoms with Crippen LogP contribution in [0.5, 0.6) is 11.5 Å². The molecule has 0 unspecified atom stereocenters. The van der Waals surface area contributed by atoms with Gasteiger partial charge >= 0.3 is 0 Å². The zero-order chi connectivity index (χ0) is 16.8. The first kappa shape index (κ1) is 16.6. The Bertz CT molecular complexity index is 595. The molecule has 3 atom stereocenters. The van der Waals surface area contributed by atoms with Crippen molar-refractivity contribution in [2.75, 3.05) is 14.2 Å². The van der Waals surface area contributed by atoms with E-state index >= 15 is 0 Å². The van der Waals surface area contributed by atoms with Gasteiger partial charge in [0.1, 0.15) is 5.60 Å². The van der Waals surface area contributed by atoms with Gasteiger partial charge in [-0.25, -0.2) is 0 Å². The summed E-state index contributed by atoms with van der Waals surface area (Å²) in [5.41, 5.74) is 1.81. The lowest BCUT2D eigenvalue weighted by molar-refractivity contribution is -0.138. The van der Waals surface area contributed by atoms with E-state index in [9.17, 15) is 5.11 Å². The monoisotopic (exact) mass is 320 g/mol. The highest BCUT2D eigenvalue weighted by Gasteiger charge is 2.54. The number of aliphatic hydroxyl groups excluding tert-OH is 1. The molecule has 0 radical (unpaired) electrons. The average Bonchev–Trinajstić information content (AvgIpc) is 2.50. The molecule has 1 aliphatic carbocycles. The topological polar surface area (TPSA) is 47.9 Å². The van der Waals surface area contributed by atoms with Crippen LogP contribution in [0, 0.1) is 11.3 Å². The first-order valence-corrected chi connectivity index (χ1v) is 8.37. The highest BCUT2D eigenvalue weighted by Crippen LogP contribution is 2.54. The van der Waals surface area contributed by atoms with Crippen molar-refractivity contribution in [2.24, 2.45) is 11.3 Å². The van der Waals surface area contributed by atoms with E-state index in [4.69, 9.17) is 14.2 Å². The lowest BCUT2D eigenvalue weighted by Gasteiger charge is -2.55. The molecule has 0 amide bonds. The summed E-state index contributed by atoms with van der Waals surface area (Å²) in [6.07, 6.45) is 2.25. The van der Waals surface area contributed by atoms with Crippen LogP contribution in [0.25, 0.3) is 0 Å². The van der Waals surface area contributed by atoms with Crippen molar-refractivity contribution in [3.63, 3.8) is 0 Å². The van der Waals surface area contributed by atoms with Gasteiger partial charge in [0.2, 0.25) is 0 Å². The van der Waals surface area contributed by atoms with Crippen LogP contribution in [0.4, 0.5) is 0 Å². The van der Waals surface area contributed by atoms with E-state index in [1.165, 1.54) is 0 Å². The van der Waals surface area contributed by atoms with E-state index in [2.05, 4.69) is 26.8 Å². The summed E-state index contributed by atoms with van der Waals surface area (Å²) in [5.74, 6) is 1.91. The first-order chi connectivity index (χ1) is 10.8. The molecule has 4 heteroatoms. The number of fused-ring (bicyclic) bond motifs is 2. The normalized spacial score (nSPS) is 31.7. The van der Waals surface area contributed by atoms with Crippen LogP contribution in [0.15, 0.2) is 12.1 Å². The number of aliphatic hydroxyl groups is 1. The maximum atomic E-state index is 10.5. The number of benzene rings is 1. The molecule has 0 saturated heterocycles. The largest absolute Gasteiger partial charge is 0.493 e. The minimum atomic E-state index is -0.283. The molecule has 128 valence electrons. The van der Waals surface area contributed by atoms with Gasteiger partial charge in [-0.05, 0) is 54.9 Å². The molecule has 3 rings (SSSR count). The summed E-state index contributed by atoms with van der Waals surface area (Å²) in [6, 6.07) is 4.15. The minimum absolute atomic E-state index is 0.171. The lowest BCUT2D eigenvalue weighted by atomic mass is 9.57. The summed E-state index contributed by atoms with van der Waals surface area (Å²) in [4.78, 5) is 0. The molecule has 4 nitrogen and oxygen atoms in total. The predicted octanol–water partition coefficient (Wildman–Crippen LogP) is 3.33. The summed E-state index contributed by atoms with van der Waals surface area (Å²) < 4.78 is 17.3. The van der Waals surface area contributed by atoms with Gasteiger partial charge in [-0.2, -0.15) is 0 Å². The minimum Gasteiger partial charge on any atom is -0.493 e. The molecule has 2 aliphatic rings. The molecular formula is C19H28O4. The van der Waals surface area contributed by atoms with Crippen LogP contribution in [0.1, 0.15) is 44.7 Å². The molecule has 1 heterocycles. The number of hydrogen-bond donors (Lipinski definition) is 1. The second kappa shape index (κ2) is 5.67. The Hall–Kier alpha value is -1.26. The predicted molar refractivity (Wildman–Crippen MR) is 89.0 cm³/mol. The van der Waals surface area contributed by atoms with E-state index in [1.807, 2.05) is 6.07 Å². The fourth-order valence-electron chi connectivity index (χ4n) is 4.44. The van der Waals surface area contributed by atoms with E-state index in [0.717, 1.165) is 41.9 Å². The second-order valence-electron chi connectivity index (χ2n) is 7.77. The third kappa shape index (κ3) is 2.62. The van der Waals surface area contributed by atoms with Gasteiger partial charge in [-0.1, -0.05) is 13.8 Å². The highest BCUT2D eigenvalue weighted by atomic mass is 16.5. The molecule has 0 aromatic heterocycles. The quantitative estimate of drug-likeness (QED) is 0.928. The fraction of sp³-hybridized carbons (Fsp3) is 0.684. The molecule has 1 fully saturated rings. The Morgan fingerprint density at radius 2 is 2.00 bits per heavy atom. The number of rotatable bonds is 3. The van der Waals surface area contributed by atoms with Gasteiger partial charge in [0, 0.05) is 13.0 Å². The highest BCUT2D eigenvalue weighted by molar-refractivity contribution is 5.51. The Balaban J connectivity index is 2.05. The molecule has 1 saturated carbocycles. The van der Waals surface area contributed by atoms with Crippen LogP contribution in [0.2, 0.25) is 0 Å². The second-order valence-corrected chi connectivity index (χ2v) is 7.77. The Labute approximate surface area is 138 Å². The van der Waals surface area contributed by atoms with Crippen molar-refractivity contribution >= 4 is 0 Å². The molecule has 0 bridgehead atoms. The average molecular weight is 320 g/mol. The number of hydrogen-bond acceptors (Lipinski definition) is 4. The fourth-order valence-corrected chi connectivity index (χ4v) is 4.44. The van der Waals surface area contributed by atoms with Crippen molar-refractivity contribution in [3.05, 3.63) is 23.3 Å². The van der Waals surface area contributed by atoms with Gasteiger partial charge in [-0.15, -0.1) is 0 Å². The van der Waals surface area contributed by atoms with Gasteiger partial charge in [-0.3, -0.25) is 0 Å². The summed E-state index contributed by atoms with van der Waals surface area (Å²) in [6.45, 7) is 7.04. The number of methoxy groups -OCH3 is 2. The van der Waals surface area contributed by atoms with Crippen molar-refractivity contribution in [3.8, 4) is 11.5 Å². The van der Waals surface area contributed by atoms with E-state index in [0.29, 0.717) is 6.61 Å². The Morgan fingerprint density at radius 1 is 1.26 bits per heavy atom. The molecule has 1 N–H and O–H groups in total. The van der Waals surface area contributed by atoms with Crippen molar-refractivity contribution in [2.45, 2.75) is 58.3 Å². The molecule has 23 heavy (non-hydrogen) atoms. The molecular weight excluding hydrogens is 292 g/mol. The van der Waals surface area contributed by atoms with Gasteiger partial charge < -0.3 is 19.3 Å². The zero-order valence-corrected chi connectivity index (χ0v) is 14.8. The van der Waals surface area contributed by atoms with E-state index in [-0.39, 0.29) is 23.0 Å². The van der Waals surface area contributed by atoms with Crippen molar-refractivity contribution in [1.82, 2.24) is 0 Å². The number of ether oxygens (including phenoxy) is 3. The first-order valence-electron chi connectivity index (χ1n) is 8.37. The van der Waals surface area contributed by atoms with Crippen LogP contribution in [-0.2, 0) is 17.8 Å². The Kier molecular flexibility index (Phi) is 4.09. The smallest absolute Gasteiger partial charge is 0.165 e. The summed E-state index contributed by atoms with van der Waals surface area (Å²) >= 11 is 0. The van der Waals surface area contributed by atoms with Crippen molar-refractivity contribution in [1.29, 1.82) is 0 Å². The lowest BCUT2D eigenvalue weighted by Crippen LogP contribution is -2.58. The van der Waals surface area contributed by atoms with Gasteiger partial charge in [0.05, 0.1) is 19.8 Å². The Morgan fingerprint density at radius 3 is 2.65 bits per heavy atom. The van der Waals surface area contributed by atoms with Gasteiger partial charge in [0.15, 0.2) is 11.5 Å². The van der Waals surface area contributed by atoms with Crippen LogP contribution in [-0.4, -0.2) is 31.0 Å². The maximum absolute atomic E-state index is 10.5. The molecule has 0 spiro atoms. The van der Waals surface area contributed by atoms with E-state index < -0.39 is 0 Å². The zero-order valence-electron chi connectivity index (χ0n) is 14.8. The summed E-state index contributed by atoms with van der Waals surface area (Å²) in [7, 11) is 3.37. The van der Waals surface area contributed by atoms with Crippen LogP contribution < -0.4 is 9.47 Å². The molecule has 1 aromatic rings.